The molecular weight excluding hydrogens is 968 g/mol. The first-order valence-electron chi connectivity index (χ1n) is 24.7. The Balaban J connectivity index is 1.31. The van der Waals surface area contributed by atoms with E-state index >= 15 is 0 Å². The Labute approximate surface area is 430 Å². The fourth-order valence-electron chi connectivity index (χ4n) is 8.00. The number of nitrogens with one attached hydrogen (secondary N) is 3. The molecule has 1 saturated carbocycles. The van der Waals surface area contributed by atoms with E-state index in [1.165, 1.54) is 11.0 Å². The van der Waals surface area contributed by atoms with Crippen molar-refractivity contribution in [3.8, 4) is 17.0 Å². The van der Waals surface area contributed by atoms with Gasteiger partial charge in [-0.05, 0) is 164 Å². The summed E-state index contributed by atoms with van der Waals surface area (Å²) < 4.78 is 71.8. The van der Waals surface area contributed by atoms with Crippen LogP contribution in [-0.4, -0.2) is 109 Å². The van der Waals surface area contributed by atoms with E-state index in [2.05, 4.69) is 26.0 Å². The maximum atomic E-state index is 14.2. The second-order valence-corrected chi connectivity index (χ2v) is 22.0. The van der Waals surface area contributed by atoms with Crippen LogP contribution in [0.25, 0.3) is 22.2 Å². The molecule has 0 atom stereocenters. The zero-order valence-corrected chi connectivity index (χ0v) is 45.0. The zero-order valence-electron chi connectivity index (χ0n) is 45.0. The average molecular weight is 1040 g/mol. The minimum absolute atomic E-state index is 0.0557. The van der Waals surface area contributed by atoms with Crippen LogP contribution in [0.15, 0.2) is 42.6 Å². The molecule has 1 aliphatic rings. The van der Waals surface area contributed by atoms with E-state index in [0.29, 0.717) is 67.2 Å². The summed E-state index contributed by atoms with van der Waals surface area (Å²) in [5.74, 6) is -0.646. The lowest BCUT2D eigenvalue weighted by molar-refractivity contribution is -0.153. The number of anilines is 3. The topological polar surface area (TPSA) is 218 Å². The van der Waals surface area contributed by atoms with Crippen LogP contribution in [0, 0.1) is 0 Å². The number of carbonyl (C=O) groups is 5. The first kappa shape index (κ1) is 58.2. The molecule has 0 radical (unpaired) electrons. The van der Waals surface area contributed by atoms with Crippen molar-refractivity contribution in [2.75, 3.05) is 35.2 Å². The van der Waals surface area contributed by atoms with Crippen molar-refractivity contribution in [3.63, 3.8) is 0 Å². The number of urea groups is 1. The number of hydrogen-bond donors (Lipinski definition) is 3. The number of nitrogens with zero attached hydrogens (tertiary/aromatic N) is 6. The average Bonchev–Trinajstić information content (AvgIpc) is 3.61. The molecule has 19 nitrogen and oxygen atoms in total. The minimum Gasteiger partial charge on any atom is -0.493 e. The summed E-state index contributed by atoms with van der Waals surface area (Å²) in [5.41, 5.74) is -1.81. The van der Waals surface area contributed by atoms with Gasteiger partial charge in [0.15, 0.2) is 5.82 Å². The maximum Gasteiger partial charge on any atom is 0.420 e. The predicted octanol–water partition coefficient (Wildman–Crippen LogP) is 11.2. The summed E-state index contributed by atoms with van der Waals surface area (Å²) in [6.45, 7) is 22.9. The van der Waals surface area contributed by atoms with Crippen molar-refractivity contribution >= 4 is 58.6 Å². The van der Waals surface area contributed by atoms with E-state index in [-0.39, 0.29) is 30.6 Å². The SMILES string of the molecule is CCc1cc(-c2cc(NC(=O)Nc3ccc(OCCCNCC(=O)OC(C)(C)C)c(C(F)(F)F)c3)nn2C)cc2cnc(N(C(=O)OC(C)(C)C)C3CCC(N(C(=O)OC(C)(C)C)C(=O)OC(C)(C)C)CC3)nc12. The Hall–Kier alpha value is -6.71. The quantitative estimate of drug-likeness (QED) is 0.0608. The van der Waals surface area contributed by atoms with Crippen LogP contribution in [0.3, 0.4) is 0 Å². The number of ether oxygens (including phenoxy) is 5. The van der Waals surface area contributed by atoms with Crippen molar-refractivity contribution in [1.82, 2.24) is 30.0 Å². The number of amides is 5. The third kappa shape index (κ3) is 16.9. The molecule has 3 N–H and O–H groups in total. The molecule has 2 heterocycles. The van der Waals surface area contributed by atoms with E-state index < -0.39 is 82.3 Å². The lowest BCUT2D eigenvalue weighted by Crippen LogP contribution is -2.52. The number of alkyl halides is 3. The largest absolute Gasteiger partial charge is 0.493 e. The van der Waals surface area contributed by atoms with Crippen LogP contribution < -0.4 is 25.6 Å². The first-order valence-corrected chi connectivity index (χ1v) is 24.7. The van der Waals surface area contributed by atoms with Crippen LogP contribution in [0.1, 0.15) is 133 Å². The summed E-state index contributed by atoms with van der Waals surface area (Å²) in [6, 6.07) is 6.67. The van der Waals surface area contributed by atoms with Crippen molar-refractivity contribution in [2.45, 2.75) is 169 Å². The van der Waals surface area contributed by atoms with Crippen molar-refractivity contribution in [3.05, 3.63) is 53.7 Å². The van der Waals surface area contributed by atoms with Crippen LogP contribution in [0.4, 0.5) is 49.8 Å². The fourth-order valence-corrected chi connectivity index (χ4v) is 8.00. The fraction of sp³-hybridized carbons (Fsp3) is 0.577. The molecule has 1 aliphatic carbocycles. The lowest BCUT2D eigenvalue weighted by atomic mass is 9.89. The van der Waals surface area contributed by atoms with E-state index in [0.717, 1.165) is 22.6 Å². The molecule has 1 fully saturated rings. The second kappa shape index (κ2) is 23.2. The third-order valence-electron chi connectivity index (χ3n) is 10.9. The van der Waals surface area contributed by atoms with Crippen LogP contribution in [-0.2, 0) is 43.4 Å². The standard InChI is InChI=1S/C52H72F3N9O10/c1-15-31-25-32(38-28-40(61-62(38)14)59-44(66)58-34-17-22-39(37(27-34)52(53,54)55)70-24-16-23-56-30-41(65)71-48(2,3)4)26-33-29-57-43(60-42(31)33)63(45(67)72-49(5,6)7)35-18-20-36(21-19-35)64(46(68)73-50(8,9)10)47(69)74-51(11,12)13/h17,22,25-29,35-36,56H,15-16,18-21,23-24,30H2,1-14H3,(H2,58,59,61,66). The number of carbonyl (C=O) groups excluding carboxylic acids is 5. The Bertz CT molecular complexity index is 2630. The molecule has 74 heavy (non-hydrogen) atoms. The summed E-state index contributed by atoms with van der Waals surface area (Å²) in [4.78, 5) is 78.1. The van der Waals surface area contributed by atoms with Gasteiger partial charge >= 0.3 is 36.5 Å². The molecule has 0 saturated heterocycles. The lowest BCUT2D eigenvalue weighted by Gasteiger charge is -2.39. The van der Waals surface area contributed by atoms with Gasteiger partial charge in [0, 0.05) is 48.0 Å². The highest BCUT2D eigenvalue weighted by Crippen LogP contribution is 2.39. The smallest absolute Gasteiger partial charge is 0.420 e. The Morgan fingerprint density at radius 1 is 0.743 bits per heavy atom. The van der Waals surface area contributed by atoms with Gasteiger partial charge in [-0.2, -0.15) is 18.3 Å². The van der Waals surface area contributed by atoms with Gasteiger partial charge in [0.25, 0.3) is 0 Å². The van der Waals surface area contributed by atoms with Gasteiger partial charge < -0.3 is 34.3 Å². The predicted molar refractivity (Wildman–Crippen MR) is 273 cm³/mol. The van der Waals surface area contributed by atoms with Crippen LogP contribution in [0.5, 0.6) is 5.75 Å². The molecular formula is C52H72F3N9O10. The van der Waals surface area contributed by atoms with Crippen molar-refractivity contribution < 1.29 is 60.8 Å². The normalized spacial score (nSPS) is 15.5. The monoisotopic (exact) mass is 1040 g/mol. The van der Waals surface area contributed by atoms with E-state index in [1.54, 1.807) is 107 Å². The second-order valence-electron chi connectivity index (χ2n) is 22.0. The number of aryl methyl sites for hydroxylation is 2. The molecule has 0 unspecified atom stereocenters. The van der Waals surface area contributed by atoms with Crippen LogP contribution in [0.2, 0.25) is 0 Å². The molecule has 2 aromatic carbocycles. The van der Waals surface area contributed by atoms with Gasteiger partial charge in [-0.25, -0.2) is 38.9 Å². The number of imide groups is 1. The van der Waals surface area contributed by atoms with Gasteiger partial charge in [-0.15, -0.1) is 0 Å². The van der Waals surface area contributed by atoms with Gasteiger partial charge in [0.05, 0.1) is 29.9 Å². The van der Waals surface area contributed by atoms with Crippen molar-refractivity contribution in [2.24, 2.45) is 7.05 Å². The first-order chi connectivity index (χ1) is 34.2. The van der Waals surface area contributed by atoms with Crippen molar-refractivity contribution in [1.29, 1.82) is 0 Å². The van der Waals surface area contributed by atoms with E-state index in [4.69, 9.17) is 28.7 Å². The molecule has 4 aromatic rings. The highest BCUT2D eigenvalue weighted by Gasteiger charge is 2.42. The molecule has 2 aromatic heterocycles. The van der Waals surface area contributed by atoms with Gasteiger partial charge in [0.1, 0.15) is 28.2 Å². The Morgan fingerprint density at radius 3 is 1.89 bits per heavy atom. The number of rotatable bonds is 14. The summed E-state index contributed by atoms with van der Waals surface area (Å²) in [6.07, 6.45) is -3.29. The molecule has 0 bridgehead atoms. The molecule has 5 amide bonds. The van der Waals surface area contributed by atoms with Gasteiger partial charge in [-0.1, -0.05) is 6.92 Å². The zero-order chi connectivity index (χ0) is 55.1. The molecule has 22 heteroatoms. The Kier molecular flexibility index (Phi) is 18.3. The molecule has 0 aliphatic heterocycles. The molecule has 5 rings (SSSR count). The number of esters is 1. The van der Waals surface area contributed by atoms with E-state index in [9.17, 15) is 37.1 Å². The maximum absolute atomic E-state index is 14.2. The van der Waals surface area contributed by atoms with Crippen LogP contribution >= 0.6 is 0 Å². The Morgan fingerprint density at radius 2 is 1.32 bits per heavy atom. The highest BCUT2D eigenvalue weighted by atomic mass is 19.4. The number of fused-ring (bicyclic) bond motifs is 1. The number of aromatic nitrogens is 4. The minimum atomic E-state index is -4.80. The number of benzene rings is 2. The number of halogens is 3. The molecule has 406 valence electrons. The summed E-state index contributed by atoms with van der Waals surface area (Å²) in [5, 5.41) is 13.0. The summed E-state index contributed by atoms with van der Waals surface area (Å²) >= 11 is 0. The van der Waals surface area contributed by atoms with Gasteiger partial charge in [-0.3, -0.25) is 14.8 Å². The summed E-state index contributed by atoms with van der Waals surface area (Å²) in [7, 11) is 1.67. The number of hydrogen-bond acceptors (Lipinski definition) is 14. The van der Waals surface area contributed by atoms with E-state index in [1.807, 2.05) is 19.1 Å². The highest BCUT2D eigenvalue weighted by molar-refractivity contribution is 6.00. The van der Waals surface area contributed by atoms with Gasteiger partial charge in [0.2, 0.25) is 5.95 Å². The molecule has 0 spiro atoms. The third-order valence-corrected chi connectivity index (χ3v) is 10.9.